The molecule has 0 amide bonds. The summed E-state index contributed by atoms with van der Waals surface area (Å²) in [4.78, 5) is 6.90. The highest BCUT2D eigenvalue weighted by Gasteiger charge is 2.02. The molecule has 0 saturated carbocycles. The summed E-state index contributed by atoms with van der Waals surface area (Å²) in [5.41, 5.74) is 8.71. The Morgan fingerprint density at radius 3 is 1.82 bits per heavy atom. The number of nitrogens with zero attached hydrogens (tertiary/aromatic N) is 6. The van der Waals surface area contributed by atoms with E-state index in [-0.39, 0.29) is 0 Å². The number of unbranched alkanes of at least 4 members (excludes halogenated alkanes) is 1. The van der Waals surface area contributed by atoms with Crippen LogP contribution < -0.4 is 4.90 Å². The molecule has 0 bridgehead atoms. The van der Waals surface area contributed by atoms with Gasteiger partial charge in [-0.05, 0) is 117 Å². The van der Waals surface area contributed by atoms with E-state index in [1.165, 1.54) is 24.1 Å². The van der Waals surface area contributed by atoms with Crippen LogP contribution in [0.25, 0.3) is 0 Å². The molecule has 0 spiro atoms. The quantitative estimate of drug-likeness (QED) is 0.133. The highest BCUT2D eigenvalue weighted by atomic mass is 15.1. The van der Waals surface area contributed by atoms with Gasteiger partial charge in [-0.2, -0.15) is 20.5 Å². The lowest BCUT2D eigenvalue weighted by molar-refractivity contribution is 0.795. The number of hydrogen-bond donors (Lipinski definition) is 0. The standard InChI is InChI=1S/C34H38N6/c1-5-8-9-27-10-14-29(15-11-27)35-25-28-12-16-30(17-13-28)37-39-34-23-20-32(24-26(34)4)38-36-31-18-21-33(22-19-31)40(6-2)7-3/h10-25H,5-9H2,1-4H3. The molecule has 0 saturated heterocycles. The third-order valence-corrected chi connectivity index (χ3v) is 6.72. The SMILES string of the molecule is CCCCc1ccc(N=Cc2ccc(N=Nc3ccc(N=Nc4ccc(N(CC)CC)cc4)cc3C)cc2)cc1. The molecule has 6 heteroatoms. The Labute approximate surface area is 238 Å². The fourth-order valence-corrected chi connectivity index (χ4v) is 4.27. The molecule has 4 aromatic carbocycles. The molecule has 0 N–H and O–H groups in total. The van der Waals surface area contributed by atoms with Gasteiger partial charge in [0.1, 0.15) is 0 Å². The summed E-state index contributed by atoms with van der Waals surface area (Å²) in [7, 11) is 0. The predicted octanol–water partition coefficient (Wildman–Crippen LogP) is 10.8. The number of benzene rings is 4. The summed E-state index contributed by atoms with van der Waals surface area (Å²) in [6.07, 6.45) is 5.43. The third kappa shape index (κ3) is 8.27. The lowest BCUT2D eigenvalue weighted by Crippen LogP contribution is -2.21. The van der Waals surface area contributed by atoms with Crippen molar-refractivity contribution in [2.24, 2.45) is 25.4 Å². The summed E-state index contributed by atoms with van der Waals surface area (Å²) >= 11 is 0. The van der Waals surface area contributed by atoms with Crippen molar-refractivity contribution in [2.45, 2.75) is 47.0 Å². The lowest BCUT2D eigenvalue weighted by Gasteiger charge is -2.20. The smallest absolute Gasteiger partial charge is 0.0887 e. The van der Waals surface area contributed by atoms with Crippen molar-refractivity contribution >= 4 is 40.3 Å². The summed E-state index contributed by atoms with van der Waals surface area (Å²) in [6.45, 7) is 10.5. The second-order valence-electron chi connectivity index (χ2n) is 9.68. The minimum atomic E-state index is 0.781. The number of aryl methyl sites for hydroxylation is 2. The van der Waals surface area contributed by atoms with E-state index in [9.17, 15) is 0 Å². The second-order valence-corrected chi connectivity index (χ2v) is 9.68. The van der Waals surface area contributed by atoms with Crippen molar-refractivity contribution in [3.8, 4) is 0 Å². The van der Waals surface area contributed by atoms with Gasteiger partial charge in [-0.1, -0.05) is 37.6 Å². The van der Waals surface area contributed by atoms with Gasteiger partial charge >= 0.3 is 0 Å². The number of hydrogen-bond acceptors (Lipinski definition) is 6. The highest BCUT2D eigenvalue weighted by Crippen LogP contribution is 2.28. The molecule has 0 aliphatic heterocycles. The first-order valence-corrected chi connectivity index (χ1v) is 14.1. The molecule has 0 unspecified atom stereocenters. The molecular weight excluding hydrogens is 492 g/mol. The van der Waals surface area contributed by atoms with Crippen LogP contribution in [0.2, 0.25) is 0 Å². The van der Waals surface area contributed by atoms with Gasteiger partial charge in [0.25, 0.3) is 0 Å². The monoisotopic (exact) mass is 530 g/mol. The molecule has 6 nitrogen and oxygen atoms in total. The van der Waals surface area contributed by atoms with Gasteiger partial charge in [0, 0.05) is 25.0 Å². The van der Waals surface area contributed by atoms with Crippen molar-refractivity contribution in [3.05, 3.63) is 108 Å². The minimum absolute atomic E-state index is 0.781. The largest absolute Gasteiger partial charge is 0.372 e. The molecule has 204 valence electrons. The van der Waals surface area contributed by atoms with Crippen LogP contribution in [-0.4, -0.2) is 19.3 Å². The molecule has 4 rings (SSSR count). The molecular formula is C34H38N6. The van der Waals surface area contributed by atoms with Crippen LogP contribution in [0.1, 0.15) is 50.3 Å². The Morgan fingerprint density at radius 1 is 0.625 bits per heavy atom. The molecule has 0 atom stereocenters. The summed E-state index contributed by atoms with van der Waals surface area (Å²) in [5.74, 6) is 0. The molecule has 4 aromatic rings. The second kappa shape index (κ2) is 14.6. The normalized spacial score (nSPS) is 11.7. The van der Waals surface area contributed by atoms with Gasteiger partial charge in [0.15, 0.2) is 0 Å². The number of anilines is 1. The molecule has 0 aliphatic carbocycles. The van der Waals surface area contributed by atoms with E-state index >= 15 is 0 Å². The summed E-state index contributed by atoms with van der Waals surface area (Å²) in [5, 5.41) is 17.7. The zero-order valence-corrected chi connectivity index (χ0v) is 24.0. The van der Waals surface area contributed by atoms with Crippen LogP contribution in [0.4, 0.5) is 34.1 Å². The van der Waals surface area contributed by atoms with E-state index in [4.69, 9.17) is 0 Å². The summed E-state index contributed by atoms with van der Waals surface area (Å²) in [6, 6.07) is 30.3. The van der Waals surface area contributed by atoms with Gasteiger partial charge in [-0.15, -0.1) is 0 Å². The van der Waals surface area contributed by atoms with Crippen molar-refractivity contribution in [3.63, 3.8) is 0 Å². The Hall–Kier alpha value is -4.45. The van der Waals surface area contributed by atoms with E-state index in [2.05, 4.69) is 87.5 Å². The number of aliphatic imine (C=N–C) groups is 1. The van der Waals surface area contributed by atoms with Crippen LogP contribution in [0.3, 0.4) is 0 Å². The fraction of sp³-hybridized carbons (Fsp3) is 0.265. The average Bonchev–Trinajstić information content (AvgIpc) is 3.00. The van der Waals surface area contributed by atoms with Crippen LogP contribution in [0.5, 0.6) is 0 Å². The minimum Gasteiger partial charge on any atom is -0.372 e. The van der Waals surface area contributed by atoms with Crippen LogP contribution in [0.15, 0.2) is 116 Å². The van der Waals surface area contributed by atoms with Gasteiger partial charge < -0.3 is 4.90 Å². The average molecular weight is 531 g/mol. The number of azo groups is 2. The van der Waals surface area contributed by atoms with Crippen LogP contribution >= 0.6 is 0 Å². The molecule has 0 radical (unpaired) electrons. The Morgan fingerprint density at radius 2 is 1.20 bits per heavy atom. The van der Waals surface area contributed by atoms with E-state index in [1.807, 2.05) is 67.7 Å². The molecule has 0 fully saturated rings. The van der Waals surface area contributed by atoms with E-state index in [1.54, 1.807) is 0 Å². The maximum atomic E-state index is 4.60. The highest BCUT2D eigenvalue weighted by molar-refractivity contribution is 5.82. The third-order valence-electron chi connectivity index (χ3n) is 6.72. The summed E-state index contributed by atoms with van der Waals surface area (Å²) < 4.78 is 0. The Bertz CT molecular complexity index is 1430. The Balaban J connectivity index is 1.34. The zero-order chi connectivity index (χ0) is 28.2. The first-order valence-electron chi connectivity index (χ1n) is 14.1. The van der Waals surface area contributed by atoms with E-state index in [0.717, 1.165) is 59.1 Å². The number of rotatable bonds is 12. The molecule has 0 aromatic heterocycles. The van der Waals surface area contributed by atoms with Gasteiger partial charge in [-0.25, -0.2) is 0 Å². The van der Waals surface area contributed by atoms with Gasteiger partial charge in [0.05, 0.1) is 28.4 Å². The van der Waals surface area contributed by atoms with Crippen molar-refractivity contribution in [1.82, 2.24) is 0 Å². The first-order chi connectivity index (χ1) is 19.6. The first kappa shape index (κ1) is 28.6. The Kier molecular flexibility index (Phi) is 10.4. The molecule has 40 heavy (non-hydrogen) atoms. The van der Waals surface area contributed by atoms with Gasteiger partial charge in [0.2, 0.25) is 0 Å². The molecule has 0 heterocycles. The van der Waals surface area contributed by atoms with Crippen LogP contribution in [0, 0.1) is 6.92 Å². The van der Waals surface area contributed by atoms with Crippen molar-refractivity contribution < 1.29 is 0 Å². The fourth-order valence-electron chi connectivity index (χ4n) is 4.27. The lowest BCUT2D eigenvalue weighted by atomic mass is 10.1. The van der Waals surface area contributed by atoms with E-state index in [0.29, 0.717) is 0 Å². The van der Waals surface area contributed by atoms with Crippen molar-refractivity contribution in [1.29, 1.82) is 0 Å². The topological polar surface area (TPSA) is 65.0 Å². The maximum Gasteiger partial charge on any atom is 0.0887 e. The van der Waals surface area contributed by atoms with Crippen molar-refractivity contribution in [2.75, 3.05) is 18.0 Å². The van der Waals surface area contributed by atoms with Crippen LogP contribution in [-0.2, 0) is 6.42 Å². The molecule has 0 aliphatic rings. The predicted molar refractivity (Wildman–Crippen MR) is 168 cm³/mol. The zero-order valence-electron chi connectivity index (χ0n) is 24.0. The van der Waals surface area contributed by atoms with E-state index < -0.39 is 0 Å². The maximum absolute atomic E-state index is 4.60. The van der Waals surface area contributed by atoms with Gasteiger partial charge in [-0.3, -0.25) is 4.99 Å².